The van der Waals surface area contributed by atoms with E-state index in [4.69, 9.17) is 0 Å². The van der Waals surface area contributed by atoms with Crippen LogP contribution in [0.3, 0.4) is 0 Å². The zero-order valence-electron chi connectivity index (χ0n) is 11.7. The molecular formula is C14H8Br2F2N2O3S. The SMILES string of the molecule is O=C1CN(C(=O)c2c(F)cc(Br)cc2F)C(c2cc(Br)cs2)N1O. The van der Waals surface area contributed by atoms with Crippen LogP contribution in [0.1, 0.15) is 21.4 Å². The molecule has 2 aromatic rings. The monoisotopic (exact) mass is 480 g/mol. The number of nitrogens with zero attached hydrogens (tertiary/aromatic N) is 2. The number of hydroxylamine groups is 2. The molecule has 1 N–H and O–H groups in total. The first-order chi connectivity index (χ1) is 11.3. The summed E-state index contributed by atoms with van der Waals surface area (Å²) in [7, 11) is 0. The van der Waals surface area contributed by atoms with E-state index in [9.17, 15) is 23.6 Å². The van der Waals surface area contributed by atoms with Gasteiger partial charge in [0, 0.05) is 14.3 Å². The van der Waals surface area contributed by atoms with Crippen LogP contribution in [0.2, 0.25) is 0 Å². The Bertz CT molecular complexity index is 822. The fourth-order valence-electron chi connectivity index (χ4n) is 2.38. The molecule has 1 unspecified atom stereocenters. The standard InChI is InChI=1S/C14H8Br2F2N2O3S/c15-6-1-8(17)12(9(18)2-6)14(22)19-4-11(21)20(23)13(19)10-3-7(16)5-24-10/h1-3,5,13,23H,4H2. The number of carbonyl (C=O) groups excluding carboxylic acids is 2. The third-order valence-corrected chi connectivity index (χ3v) is 5.60. The molecule has 3 rings (SSSR count). The maximum absolute atomic E-state index is 14.1. The number of amides is 2. The highest BCUT2D eigenvalue weighted by Crippen LogP contribution is 2.36. The van der Waals surface area contributed by atoms with E-state index in [1.807, 2.05) is 0 Å². The number of thiophene rings is 1. The first-order valence-electron chi connectivity index (χ1n) is 6.50. The van der Waals surface area contributed by atoms with Crippen LogP contribution in [-0.4, -0.2) is 33.5 Å². The second-order valence-corrected chi connectivity index (χ2v) is 7.73. The summed E-state index contributed by atoms with van der Waals surface area (Å²) in [5, 5.41) is 12.1. The third kappa shape index (κ3) is 2.99. The molecule has 2 amide bonds. The van der Waals surface area contributed by atoms with Crippen LogP contribution < -0.4 is 0 Å². The molecule has 24 heavy (non-hydrogen) atoms. The lowest BCUT2D eigenvalue weighted by Gasteiger charge is -2.25. The Kier molecular flexibility index (Phi) is 4.73. The van der Waals surface area contributed by atoms with Crippen molar-refractivity contribution in [3.05, 3.63) is 54.6 Å². The molecule has 5 nitrogen and oxygen atoms in total. The van der Waals surface area contributed by atoms with Crippen LogP contribution in [0.4, 0.5) is 8.78 Å². The van der Waals surface area contributed by atoms with Crippen molar-refractivity contribution in [2.24, 2.45) is 0 Å². The zero-order chi connectivity index (χ0) is 17.6. The Morgan fingerprint density at radius 2 is 1.83 bits per heavy atom. The van der Waals surface area contributed by atoms with Crippen molar-refractivity contribution in [2.45, 2.75) is 6.17 Å². The van der Waals surface area contributed by atoms with E-state index in [0.29, 0.717) is 14.4 Å². The molecule has 1 aromatic carbocycles. The van der Waals surface area contributed by atoms with Crippen molar-refractivity contribution in [3.63, 3.8) is 0 Å². The molecule has 10 heteroatoms. The largest absolute Gasteiger partial charge is 0.302 e. The minimum Gasteiger partial charge on any atom is -0.302 e. The Morgan fingerprint density at radius 3 is 2.38 bits per heavy atom. The van der Waals surface area contributed by atoms with Crippen LogP contribution in [0, 0.1) is 11.6 Å². The Balaban J connectivity index is 2.03. The second-order valence-electron chi connectivity index (χ2n) is 4.96. The average molecular weight is 482 g/mol. The molecule has 0 bridgehead atoms. The number of rotatable bonds is 2. The highest BCUT2D eigenvalue weighted by molar-refractivity contribution is 9.10. The molecule has 126 valence electrons. The molecule has 1 aliphatic heterocycles. The quantitative estimate of drug-likeness (QED) is 0.661. The lowest BCUT2D eigenvalue weighted by Crippen LogP contribution is -2.34. The molecular weight excluding hydrogens is 474 g/mol. The number of hydrogen-bond acceptors (Lipinski definition) is 4. The molecule has 1 aromatic heterocycles. The summed E-state index contributed by atoms with van der Waals surface area (Å²) < 4.78 is 29.0. The van der Waals surface area contributed by atoms with Crippen molar-refractivity contribution < 1.29 is 23.6 Å². The van der Waals surface area contributed by atoms with Gasteiger partial charge in [0.05, 0.1) is 4.88 Å². The molecule has 0 aliphatic carbocycles. The molecule has 2 heterocycles. The van der Waals surface area contributed by atoms with Crippen molar-refractivity contribution in [1.29, 1.82) is 0 Å². The predicted octanol–water partition coefficient (Wildman–Crippen LogP) is 3.92. The minimum atomic E-state index is -1.14. The molecule has 0 radical (unpaired) electrons. The van der Waals surface area contributed by atoms with E-state index in [2.05, 4.69) is 31.9 Å². The molecule has 0 spiro atoms. The summed E-state index contributed by atoms with van der Waals surface area (Å²) in [6, 6.07) is 3.54. The van der Waals surface area contributed by atoms with Crippen LogP contribution in [-0.2, 0) is 4.79 Å². The van der Waals surface area contributed by atoms with Gasteiger partial charge in [-0.1, -0.05) is 15.9 Å². The van der Waals surface area contributed by atoms with Crippen molar-refractivity contribution in [1.82, 2.24) is 9.96 Å². The Hall–Kier alpha value is -1.36. The summed E-state index contributed by atoms with van der Waals surface area (Å²) in [6.07, 6.45) is -1.14. The smallest absolute Gasteiger partial charge is 0.268 e. The highest BCUT2D eigenvalue weighted by atomic mass is 79.9. The van der Waals surface area contributed by atoms with Crippen molar-refractivity contribution in [2.75, 3.05) is 6.54 Å². The van der Waals surface area contributed by atoms with Gasteiger partial charge in [-0.3, -0.25) is 14.8 Å². The van der Waals surface area contributed by atoms with Gasteiger partial charge in [0.25, 0.3) is 11.8 Å². The van der Waals surface area contributed by atoms with Gasteiger partial charge >= 0.3 is 0 Å². The van der Waals surface area contributed by atoms with E-state index in [1.54, 1.807) is 11.4 Å². The molecule has 1 aliphatic rings. The first-order valence-corrected chi connectivity index (χ1v) is 8.96. The topological polar surface area (TPSA) is 60.9 Å². The van der Waals surface area contributed by atoms with Gasteiger partial charge in [-0.2, -0.15) is 5.06 Å². The number of benzene rings is 1. The van der Waals surface area contributed by atoms with Gasteiger partial charge in [0.1, 0.15) is 23.7 Å². The van der Waals surface area contributed by atoms with E-state index in [1.165, 1.54) is 11.3 Å². The summed E-state index contributed by atoms with van der Waals surface area (Å²) in [5.41, 5.74) is -0.776. The molecule has 1 fully saturated rings. The lowest BCUT2D eigenvalue weighted by molar-refractivity contribution is -0.168. The summed E-state index contributed by atoms with van der Waals surface area (Å²) in [4.78, 5) is 25.8. The van der Waals surface area contributed by atoms with Gasteiger partial charge in [-0.15, -0.1) is 11.3 Å². The summed E-state index contributed by atoms with van der Waals surface area (Å²) in [6.45, 7) is -0.482. The minimum absolute atomic E-state index is 0.147. The maximum Gasteiger partial charge on any atom is 0.268 e. The fourth-order valence-corrected chi connectivity index (χ4v) is 4.32. The zero-order valence-corrected chi connectivity index (χ0v) is 15.7. The number of halogens is 4. The van der Waals surface area contributed by atoms with Gasteiger partial charge < -0.3 is 4.90 Å². The molecule has 1 atom stereocenters. The van der Waals surface area contributed by atoms with Gasteiger partial charge in [0.2, 0.25) is 0 Å². The average Bonchev–Trinajstić information content (AvgIpc) is 3.02. The van der Waals surface area contributed by atoms with Gasteiger partial charge in [0.15, 0.2) is 6.17 Å². The predicted molar refractivity (Wildman–Crippen MR) is 88.5 cm³/mol. The van der Waals surface area contributed by atoms with E-state index >= 15 is 0 Å². The Morgan fingerprint density at radius 1 is 1.21 bits per heavy atom. The van der Waals surface area contributed by atoms with Crippen molar-refractivity contribution in [3.8, 4) is 0 Å². The number of hydrogen-bond donors (Lipinski definition) is 1. The van der Waals surface area contributed by atoms with Crippen LogP contribution >= 0.6 is 43.2 Å². The summed E-state index contributed by atoms with van der Waals surface area (Å²) >= 11 is 7.37. The van der Waals surface area contributed by atoms with Crippen LogP contribution in [0.15, 0.2) is 32.5 Å². The van der Waals surface area contributed by atoms with Gasteiger partial charge in [-0.05, 0) is 34.1 Å². The van der Waals surface area contributed by atoms with E-state index in [0.717, 1.165) is 17.0 Å². The molecule has 0 saturated carbocycles. The number of carbonyl (C=O) groups is 2. The first kappa shape index (κ1) is 17.5. The Labute approximate surface area is 155 Å². The maximum atomic E-state index is 14.1. The summed E-state index contributed by atoms with van der Waals surface area (Å²) in [5.74, 6) is -3.86. The second kappa shape index (κ2) is 6.51. The van der Waals surface area contributed by atoms with E-state index < -0.39 is 41.7 Å². The van der Waals surface area contributed by atoms with Crippen LogP contribution in [0.25, 0.3) is 0 Å². The fraction of sp³-hybridized carbons (Fsp3) is 0.143. The van der Waals surface area contributed by atoms with Crippen molar-refractivity contribution >= 4 is 55.0 Å². The van der Waals surface area contributed by atoms with Crippen LogP contribution in [0.5, 0.6) is 0 Å². The lowest BCUT2D eigenvalue weighted by atomic mass is 10.1. The third-order valence-electron chi connectivity index (χ3n) is 3.41. The normalized spacial score (nSPS) is 17.7. The van der Waals surface area contributed by atoms with Gasteiger partial charge in [-0.25, -0.2) is 8.78 Å². The van der Waals surface area contributed by atoms with E-state index in [-0.39, 0.29) is 4.47 Å². The molecule has 1 saturated heterocycles. The highest BCUT2D eigenvalue weighted by Gasteiger charge is 2.43.